The van der Waals surface area contributed by atoms with Crippen molar-refractivity contribution in [2.24, 2.45) is 17.8 Å². The smallest absolute Gasteiger partial charge is 0.0663 e. The largest absolute Gasteiger partial charge is 0.384 e. The molecule has 3 atom stereocenters. The van der Waals surface area contributed by atoms with E-state index in [0.717, 1.165) is 32.2 Å². The maximum absolute atomic E-state index is 5.82. The summed E-state index contributed by atoms with van der Waals surface area (Å²) in [5, 5.41) is 3.53. The molecule has 1 saturated heterocycles. The molecule has 1 rings (SSSR count). The van der Waals surface area contributed by atoms with Gasteiger partial charge in [-0.2, -0.15) is 0 Å². The molecule has 0 bridgehead atoms. The number of methoxy groups -OCH3 is 1. The maximum atomic E-state index is 5.82. The van der Waals surface area contributed by atoms with Gasteiger partial charge in [-0.25, -0.2) is 0 Å². The van der Waals surface area contributed by atoms with Gasteiger partial charge in [-0.05, 0) is 18.9 Å². The standard InChI is InChI=1S/C13H27NO2/c1-10(2)7-14-8-12-5-6-16-13(12)11(3)9-15-4/h10-14H,5-9H2,1-4H3. The molecule has 3 heteroatoms. The Bertz CT molecular complexity index is 185. The first kappa shape index (κ1) is 13.9. The van der Waals surface area contributed by atoms with E-state index >= 15 is 0 Å². The van der Waals surface area contributed by atoms with Crippen LogP contribution in [0.25, 0.3) is 0 Å². The average molecular weight is 229 g/mol. The summed E-state index contributed by atoms with van der Waals surface area (Å²) in [6, 6.07) is 0. The van der Waals surface area contributed by atoms with Crippen LogP contribution in [0.5, 0.6) is 0 Å². The first-order valence-electron chi connectivity index (χ1n) is 6.46. The Morgan fingerprint density at radius 1 is 1.38 bits per heavy atom. The van der Waals surface area contributed by atoms with Crippen molar-refractivity contribution in [3.8, 4) is 0 Å². The Morgan fingerprint density at radius 2 is 2.12 bits per heavy atom. The summed E-state index contributed by atoms with van der Waals surface area (Å²) >= 11 is 0. The fourth-order valence-corrected chi connectivity index (χ4v) is 2.42. The molecule has 3 unspecified atom stereocenters. The van der Waals surface area contributed by atoms with Crippen LogP contribution in [0.3, 0.4) is 0 Å². The monoisotopic (exact) mass is 229 g/mol. The zero-order valence-corrected chi connectivity index (χ0v) is 11.2. The zero-order chi connectivity index (χ0) is 12.0. The summed E-state index contributed by atoms with van der Waals surface area (Å²) < 4.78 is 11.0. The van der Waals surface area contributed by atoms with E-state index in [2.05, 4.69) is 26.1 Å². The lowest BCUT2D eigenvalue weighted by Crippen LogP contribution is -2.35. The summed E-state index contributed by atoms with van der Waals surface area (Å²) in [5.74, 6) is 1.87. The summed E-state index contributed by atoms with van der Waals surface area (Å²) in [6.45, 7) is 10.6. The van der Waals surface area contributed by atoms with Gasteiger partial charge in [0, 0.05) is 32.1 Å². The first-order chi connectivity index (χ1) is 7.65. The van der Waals surface area contributed by atoms with E-state index in [4.69, 9.17) is 9.47 Å². The van der Waals surface area contributed by atoms with Crippen LogP contribution < -0.4 is 5.32 Å². The summed E-state index contributed by atoms with van der Waals surface area (Å²) in [5.41, 5.74) is 0. The van der Waals surface area contributed by atoms with Crippen molar-refractivity contribution in [3.05, 3.63) is 0 Å². The van der Waals surface area contributed by atoms with Gasteiger partial charge < -0.3 is 14.8 Å². The van der Waals surface area contributed by atoms with Gasteiger partial charge >= 0.3 is 0 Å². The third kappa shape index (κ3) is 4.40. The van der Waals surface area contributed by atoms with E-state index in [0.29, 0.717) is 17.9 Å². The number of rotatable bonds is 7. The number of ether oxygens (including phenoxy) is 2. The molecule has 16 heavy (non-hydrogen) atoms. The van der Waals surface area contributed by atoms with Crippen LogP contribution in [0.4, 0.5) is 0 Å². The molecule has 1 aliphatic heterocycles. The van der Waals surface area contributed by atoms with Gasteiger partial charge in [-0.1, -0.05) is 20.8 Å². The van der Waals surface area contributed by atoms with Crippen molar-refractivity contribution in [1.29, 1.82) is 0 Å². The molecular formula is C13H27NO2. The van der Waals surface area contributed by atoms with Crippen molar-refractivity contribution >= 4 is 0 Å². The maximum Gasteiger partial charge on any atom is 0.0663 e. The van der Waals surface area contributed by atoms with Crippen LogP contribution in [-0.2, 0) is 9.47 Å². The lowest BCUT2D eigenvalue weighted by Gasteiger charge is -2.24. The van der Waals surface area contributed by atoms with E-state index in [1.54, 1.807) is 7.11 Å². The fourth-order valence-electron chi connectivity index (χ4n) is 2.42. The molecule has 0 aliphatic carbocycles. The highest BCUT2D eigenvalue weighted by Crippen LogP contribution is 2.26. The molecule has 0 aromatic heterocycles. The minimum atomic E-state index is 0.375. The van der Waals surface area contributed by atoms with Crippen molar-refractivity contribution in [3.63, 3.8) is 0 Å². The molecule has 96 valence electrons. The fraction of sp³-hybridized carbons (Fsp3) is 1.00. The van der Waals surface area contributed by atoms with Crippen LogP contribution in [0.1, 0.15) is 27.2 Å². The van der Waals surface area contributed by atoms with Gasteiger partial charge in [0.25, 0.3) is 0 Å². The molecule has 0 spiro atoms. The summed E-state index contributed by atoms with van der Waals surface area (Å²) in [6.07, 6.45) is 1.56. The molecule has 0 amide bonds. The first-order valence-corrected chi connectivity index (χ1v) is 6.46. The minimum Gasteiger partial charge on any atom is -0.384 e. The van der Waals surface area contributed by atoms with Crippen molar-refractivity contribution in [2.75, 3.05) is 33.4 Å². The normalized spacial score (nSPS) is 27.6. The van der Waals surface area contributed by atoms with Crippen LogP contribution >= 0.6 is 0 Å². The van der Waals surface area contributed by atoms with E-state index in [1.165, 1.54) is 6.42 Å². The van der Waals surface area contributed by atoms with Crippen molar-refractivity contribution in [2.45, 2.75) is 33.3 Å². The van der Waals surface area contributed by atoms with Gasteiger partial charge in [0.2, 0.25) is 0 Å². The Labute approximate surface area is 99.9 Å². The Hall–Kier alpha value is -0.120. The molecule has 1 aliphatic rings. The molecule has 0 radical (unpaired) electrons. The number of hydrogen-bond donors (Lipinski definition) is 1. The van der Waals surface area contributed by atoms with Gasteiger partial charge in [0.15, 0.2) is 0 Å². The van der Waals surface area contributed by atoms with Crippen LogP contribution in [0.2, 0.25) is 0 Å². The third-order valence-corrected chi connectivity index (χ3v) is 3.21. The number of hydrogen-bond acceptors (Lipinski definition) is 3. The molecule has 3 nitrogen and oxygen atoms in total. The lowest BCUT2D eigenvalue weighted by molar-refractivity contribution is 0.0141. The predicted octanol–water partition coefficient (Wildman–Crippen LogP) is 1.92. The van der Waals surface area contributed by atoms with Crippen molar-refractivity contribution < 1.29 is 9.47 Å². The number of nitrogens with one attached hydrogen (secondary N) is 1. The Kier molecular flexibility index (Phi) is 6.32. The summed E-state index contributed by atoms with van der Waals surface area (Å²) in [7, 11) is 1.76. The van der Waals surface area contributed by atoms with Gasteiger partial charge in [0.05, 0.1) is 12.7 Å². The second kappa shape index (κ2) is 7.25. The highest BCUT2D eigenvalue weighted by Gasteiger charge is 2.32. The second-order valence-corrected chi connectivity index (χ2v) is 5.37. The van der Waals surface area contributed by atoms with E-state index in [-0.39, 0.29) is 0 Å². The average Bonchev–Trinajstić information content (AvgIpc) is 2.66. The molecule has 0 saturated carbocycles. The Morgan fingerprint density at radius 3 is 2.75 bits per heavy atom. The minimum absolute atomic E-state index is 0.375. The van der Waals surface area contributed by atoms with E-state index < -0.39 is 0 Å². The third-order valence-electron chi connectivity index (χ3n) is 3.21. The molecule has 1 N–H and O–H groups in total. The zero-order valence-electron chi connectivity index (χ0n) is 11.2. The topological polar surface area (TPSA) is 30.5 Å². The van der Waals surface area contributed by atoms with Crippen LogP contribution in [0.15, 0.2) is 0 Å². The molecule has 1 heterocycles. The second-order valence-electron chi connectivity index (χ2n) is 5.37. The van der Waals surface area contributed by atoms with Gasteiger partial charge in [-0.15, -0.1) is 0 Å². The lowest BCUT2D eigenvalue weighted by atomic mass is 9.92. The molecule has 0 aromatic rings. The van der Waals surface area contributed by atoms with Crippen molar-refractivity contribution in [1.82, 2.24) is 5.32 Å². The summed E-state index contributed by atoms with van der Waals surface area (Å²) in [4.78, 5) is 0. The SMILES string of the molecule is COCC(C)C1OCCC1CNCC(C)C. The van der Waals surface area contributed by atoms with E-state index in [9.17, 15) is 0 Å². The Balaban J connectivity index is 2.28. The highest BCUT2D eigenvalue weighted by molar-refractivity contribution is 4.82. The van der Waals surface area contributed by atoms with Gasteiger partial charge in [-0.3, -0.25) is 0 Å². The quantitative estimate of drug-likeness (QED) is 0.723. The predicted molar refractivity (Wildman–Crippen MR) is 66.6 cm³/mol. The molecular weight excluding hydrogens is 202 g/mol. The van der Waals surface area contributed by atoms with Crippen LogP contribution in [-0.4, -0.2) is 39.5 Å². The molecule has 0 aromatic carbocycles. The highest BCUT2D eigenvalue weighted by atomic mass is 16.5. The van der Waals surface area contributed by atoms with Crippen LogP contribution in [0, 0.1) is 17.8 Å². The molecule has 1 fully saturated rings. The van der Waals surface area contributed by atoms with Gasteiger partial charge in [0.1, 0.15) is 0 Å². The van der Waals surface area contributed by atoms with E-state index in [1.807, 2.05) is 0 Å².